The van der Waals surface area contributed by atoms with E-state index in [0.717, 1.165) is 12.5 Å². The maximum absolute atomic E-state index is 12.1. The zero-order valence-electron chi connectivity index (χ0n) is 11.0. The summed E-state index contributed by atoms with van der Waals surface area (Å²) in [6, 6.07) is 1.49. The lowest BCUT2D eigenvalue weighted by Crippen LogP contribution is -2.25. The molecule has 1 heterocycles. The van der Waals surface area contributed by atoms with Crippen LogP contribution in [0.1, 0.15) is 24.1 Å². The van der Waals surface area contributed by atoms with E-state index in [-0.39, 0.29) is 11.5 Å². The number of halogens is 1. The van der Waals surface area contributed by atoms with Gasteiger partial charge in [0.1, 0.15) is 4.90 Å². The Balaban J connectivity index is 1.75. The van der Waals surface area contributed by atoms with Gasteiger partial charge in [-0.1, -0.05) is 0 Å². The van der Waals surface area contributed by atoms with Gasteiger partial charge < -0.3 is 9.84 Å². The fourth-order valence-electron chi connectivity index (χ4n) is 1.65. The van der Waals surface area contributed by atoms with Crippen molar-refractivity contribution in [2.45, 2.75) is 30.8 Å². The van der Waals surface area contributed by atoms with Gasteiger partial charge in [-0.3, -0.25) is 0 Å². The van der Waals surface area contributed by atoms with Crippen LogP contribution in [0.15, 0.2) is 14.7 Å². The molecule has 0 saturated heterocycles. The van der Waals surface area contributed by atoms with Gasteiger partial charge in [0, 0.05) is 24.6 Å². The highest BCUT2D eigenvalue weighted by Gasteiger charge is 2.21. The predicted molar refractivity (Wildman–Crippen MR) is 81.3 cm³/mol. The second-order valence-corrected chi connectivity index (χ2v) is 8.97. The topological polar surface area (TPSA) is 75.6 Å². The van der Waals surface area contributed by atoms with Gasteiger partial charge in [0.25, 0.3) is 0 Å². The molecule has 0 bridgehead atoms. The van der Waals surface area contributed by atoms with Gasteiger partial charge in [0.2, 0.25) is 10.0 Å². The molecule has 20 heavy (non-hydrogen) atoms. The van der Waals surface area contributed by atoms with Crippen LogP contribution in [0.3, 0.4) is 0 Å². The normalized spacial score (nSPS) is 15.7. The Morgan fingerprint density at radius 2 is 2.25 bits per heavy atom. The van der Waals surface area contributed by atoms with Crippen molar-refractivity contribution in [2.24, 2.45) is 5.92 Å². The first-order valence-electron chi connectivity index (χ1n) is 6.49. The van der Waals surface area contributed by atoms with Crippen molar-refractivity contribution in [3.8, 4) is 0 Å². The Kier molecular flexibility index (Phi) is 6.00. The zero-order chi connectivity index (χ0) is 14.6. The number of ether oxygens (including phenoxy) is 1. The number of rotatable bonds is 9. The monoisotopic (exact) mass is 383 g/mol. The van der Waals surface area contributed by atoms with Crippen molar-refractivity contribution in [3.05, 3.63) is 14.7 Å². The number of aliphatic hydroxyl groups excluding tert-OH is 1. The highest BCUT2D eigenvalue weighted by Crippen LogP contribution is 2.31. The van der Waals surface area contributed by atoms with Crippen molar-refractivity contribution < 1.29 is 18.3 Å². The van der Waals surface area contributed by atoms with E-state index in [9.17, 15) is 8.42 Å². The van der Waals surface area contributed by atoms with Crippen LogP contribution in [0.4, 0.5) is 0 Å². The van der Waals surface area contributed by atoms with Crippen LogP contribution in [-0.4, -0.2) is 33.3 Å². The van der Waals surface area contributed by atoms with Gasteiger partial charge in [-0.15, -0.1) is 11.3 Å². The van der Waals surface area contributed by atoms with Crippen LogP contribution in [-0.2, 0) is 21.4 Å². The molecule has 1 aliphatic rings. The summed E-state index contributed by atoms with van der Waals surface area (Å²) in [4.78, 5) is 0.801. The van der Waals surface area contributed by atoms with Gasteiger partial charge in [-0.2, -0.15) is 0 Å². The lowest BCUT2D eigenvalue weighted by Gasteiger charge is -2.06. The highest BCUT2D eigenvalue weighted by atomic mass is 79.9. The molecule has 2 rings (SSSR count). The molecule has 5 nitrogen and oxygen atoms in total. The smallest absolute Gasteiger partial charge is 0.242 e. The summed E-state index contributed by atoms with van der Waals surface area (Å²) in [6.45, 7) is 1.56. The number of aliphatic hydroxyl groups is 1. The van der Waals surface area contributed by atoms with Crippen LogP contribution in [0.25, 0.3) is 0 Å². The highest BCUT2D eigenvalue weighted by molar-refractivity contribution is 9.11. The molecule has 1 aromatic rings. The Morgan fingerprint density at radius 3 is 2.85 bits per heavy atom. The van der Waals surface area contributed by atoms with Crippen LogP contribution in [0.5, 0.6) is 0 Å². The molecule has 8 heteroatoms. The first kappa shape index (κ1) is 16.4. The van der Waals surface area contributed by atoms with E-state index in [4.69, 9.17) is 9.84 Å². The van der Waals surface area contributed by atoms with Gasteiger partial charge in [0.15, 0.2) is 0 Å². The summed E-state index contributed by atoms with van der Waals surface area (Å²) in [5, 5.41) is 9.02. The first-order chi connectivity index (χ1) is 9.53. The summed E-state index contributed by atoms with van der Waals surface area (Å²) in [6.07, 6.45) is 3.17. The Hall–Kier alpha value is 0.01000. The quantitative estimate of drug-likeness (QED) is 0.640. The molecular formula is C12H18BrNO4S2. The average molecular weight is 384 g/mol. The molecule has 114 valence electrons. The molecule has 0 spiro atoms. The van der Waals surface area contributed by atoms with Gasteiger partial charge in [0.05, 0.1) is 10.4 Å². The van der Waals surface area contributed by atoms with Crippen molar-refractivity contribution in [1.82, 2.24) is 4.72 Å². The van der Waals surface area contributed by atoms with Gasteiger partial charge >= 0.3 is 0 Å². The summed E-state index contributed by atoms with van der Waals surface area (Å²) in [5.41, 5.74) is 0. The molecule has 0 aromatic carbocycles. The summed E-state index contributed by atoms with van der Waals surface area (Å²) < 4.78 is 32.7. The number of sulfonamides is 1. The van der Waals surface area contributed by atoms with E-state index in [1.165, 1.54) is 30.2 Å². The molecule has 0 atom stereocenters. The van der Waals surface area contributed by atoms with E-state index in [1.54, 1.807) is 0 Å². The third-order valence-electron chi connectivity index (χ3n) is 2.96. The molecule has 1 aliphatic carbocycles. The minimum absolute atomic E-state index is 0.159. The fourth-order valence-corrected chi connectivity index (χ4v) is 5.27. The maximum Gasteiger partial charge on any atom is 0.242 e. The van der Waals surface area contributed by atoms with Crippen molar-refractivity contribution in [1.29, 1.82) is 0 Å². The molecule has 0 amide bonds. The SMILES string of the molecule is O=S(=O)(NCCCOCC1CC1)c1cc(CO)sc1Br. The fraction of sp³-hybridized carbons (Fsp3) is 0.667. The molecule has 0 aliphatic heterocycles. The van der Waals surface area contributed by atoms with Crippen LogP contribution < -0.4 is 4.72 Å². The van der Waals surface area contributed by atoms with E-state index in [1.807, 2.05) is 0 Å². The molecular weight excluding hydrogens is 366 g/mol. The second kappa shape index (κ2) is 7.33. The third kappa shape index (κ3) is 4.78. The molecule has 1 fully saturated rings. The van der Waals surface area contributed by atoms with Crippen molar-refractivity contribution in [3.63, 3.8) is 0 Å². The van der Waals surface area contributed by atoms with Crippen molar-refractivity contribution in [2.75, 3.05) is 19.8 Å². The van der Waals surface area contributed by atoms with E-state index < -0.39 is 10.0 Å². The molecule has 0 unspecified atom stereocenters. The third-order valence-corrected chi connectivity index (χ3v) is 6.66. The minimum Gasteiger partial charge on any atom is -0.391 e. The Morgan fingerprint density at radius 1 is 1.50 bits per heavy atom. The Bertz CT molecular complexity index is 540. The first-order valence-corrected chi connectivity index (χ1v) is 9.58. The van der Waals surface area contributed by atoms with Gasteiger partial charge in [-0.25, -0.2) is 13.1 Å². The van der Waals surface area contributed by atoms with E-state index in [0.29, 0.717) is 28.2 Å². The number of hydrogen-bond donors (Lipinski definition) is 2. The number of thiophene rings is 1. The maximum atomic E-state index is 12.1. The zero-order valence-corrected chi connectivity index (χ0v) is 14.2. The van der Waals surface area contributed by atoms with Crippen LogP contribution in [0, 0.1) is 5.92 Å². The standard InChI is InChI=1S/C12H18BrNO4S2/c13-12-11(6-10(7-15)19-12)20(16,17)14-4-1-5-18-8-9-2-3-9/h6,9,14-15H,1-5,7-8H2. The lowest BCUT2D eigenvalue weighted by molar-refractivity contribution is 0.123. The van der Waals surface area contributed by atoms with Crippen LogP contribution >= 0.6 is 27.3 Å². The van der Waals surface area contributed by atoms with Crippen LogP contribution in [0.2, 0.25) is 0 Å². The molecule has 0 radical (unpaired) electrons. The average Bonchev–Trinajstić information content (AvgIpc) is 3.14. The van der Waals surface area contributed by atoms with Crippen molar-refractivity contribution >= 4 is 37.3 Å². The summed E-state index contributed by atoms with van der Waals surface area (Å²) in [7, 11) is -3.52. The lowest BCUT2D eigenvalue weighted by atomic mass is 10.4. The molecule has 1 aromatic heterocycles. The Labute approximate surface area is 131 Å². The molecule has 1 saturated carbocycles. The summed E-state index contributed by atoms with van der Waals surface area (Å²) in [5.74, 6) is 0.727. The number of hydrogen-bond acceptors (Lipinski definition) is 5. The summed E-state index contributed by atoms with van der Waals surface area (Å²) >= 11 is 4.44. The second-order valence-electron chi connectivity index (χ2n) is 4.78. The predicted octanol–water partition coefficient (Wildman–Crippen LogP) is 2.10. The van der Waals surface area contributed by atoms with Gasteiger partial charge in [-0.05, 0) is 47.2 Å². The molecule has 2 N–H and O–H groups in total. The largest absolute Gasteiger partial charge is 0.391 e. The van der Waals surface area contributed by atoms with E-state index >= 15 is 0 Å². The minimum atomic E-state index is -3.52. The number of nitrogens with one attached hydrogen (secondary N) is 1. The van der Waals surface area contributed by atoms with E-state index in [2.05, 4.69) is 20.7 Å².